The van der Waals surface area contributed by atoms with Crippen LogP contribution in [-0.4, -0.2) is 23.2 Å². The first-order chi connectivity index (χ1) is 8.24. The zero-order valence-corrected chi connectivity index (χ0v) is 10.9. The highest BCUT2D eigenvalue weighted by atomic mass is 79.9. The molecule has 2 aromatic rings. The van der Waals surface area contributed by atoms with Gasteiger partial charge in [0.05, 0.1) is 0 Å². The van der Waals surface area contributed by atoms with Crippen molar-refractivity contribution in [2.24, 2.45) is 0 Å². The Morgan fingerprint density at radius 3 is 2.71 bits per heavy atom. The van der Waals surface area contributed by atoms with Crippen LogP contribution in [0.15, 0.2) is 22.8 Å². The lowest BCUT2D eigenvalue weighted by molar-refractivity contribution is 0.171. The van der Waals surface area contributed by atoms with Crippen molar-refractivity contribution in [3.8, 4) is 22.8 Å². The van der Waals surface area contributed by atoms with Crippen molar-refractivity contribution >= 4 is 15.9 Å². The molecule has 1 aromatic carbocycles. The van der Waals surface area contributed by atoms with Crippen LogP contribution in [0.4, 0.5) is 0 Å². The Bertz CT molecular complexity index is 566. The van der Waals surface area contributed by atoms with Gasteiger partial charge in [0.2, 0.25) is 0 Å². The molecule has 0 atom stereocenters. The SMILES string of the molecule is Cc1nc(-c2ccc3c(c2)OCCO3)c(Br)[nH]1. The molecule has 0 amide bonds. The fraction of sp³-hybridized carbons (Fsp3) is 0.250. The summed E-state index contributed by atoms with van der Waals surface area (Å²) in [7, 11) is 0. The predicted molar refractivity (Wildman–Crippen MR) is 67.5 cm³/mol. The molecule has 1 aliphatic rings. The van der Waals surface area contributed by atoms with E-state index < -0.39 is 0 Å². The maximum atomic E-state index is 5.55. The fourth-order valence-corrected chi connectivity index (χ4v) is 2.45. The number of rotatable bonds is 1. The van der Waals surface area contributed by atoms with Gasteiger partial charge in [-0.2, -0.15) is 0 Å². The molecule has 17 heavy (non-hydrogen) atoms. The minimum Gasteiger partial charge on any atom is -0.486 e. The van der Waals surface area contributed by atoms with Crippen molar-refractivity contribution in [2.75, 3.05) is 13.2 Å². The number of ether oxygens (including phenoxy) is 2. The van der Waals surface area contributed by atoms with E-state index in [0.29, 0.717) is 13.2 Å². The summed E-state index contributed by atoms with van der Waals surface area (Å²) in [4.78, 5) is 7.55. The number of fused-ring (bicyclic) bond motifs is 1. The minimum absolute atomic E-state index is 0.594. The molecule has 5 heteroatoms. The van der Waals surface area contributed by atoms with Crippen molar-refractivity contribution in [2.45, 2.75) is 6.92 Å². The van der Waals surface area contributed by atoms with Crippen molar-refractivity contribution in [3.05, 3.63) is 28.6 Å². The lowest BCUT2D eigenvalue weighted by Gasteiger charge is -2.18. The first-order valence-corrected chi connectivity index (χ1v) is 6.15. The highest BCUT2D eigenvalue weighted by Crippen LogP contribution is 2.35. The second kappa shape index (κ2) is 4.07. The number of aromatic nitrogens is 2. The summed E-state index contributed by atoms with van der Waals surface area (Å²) in [5.41, 5.74) is 1.89. The molecule has 0 saturated carbocycles. The highest BCUT2D eigenvalue weighted by molar-refractivity contribution is 9.10. The number of hydrogen-bond acceptors (Lipinski definition) is 3. The van der Waals surface area contributed by atoms with Crippen LogP contribution in [-0.2, 0) is 0 Å². The van der Waals surface area contributed by atoms with Gasteiger partial charge in [0.15, 0.2) is 11.5 Å². The van der Waals surface area contributed by atoms with Crippen LogP contribution < -0.4 is 9.47 Å². The Hall–Kier alpha value is -1.49. The molecule has 1 aliphatic heterocycles. The summed E-state index contributed by atoms with van der Waals surface area (Å²) in [5, 5.41) is 0. The molecule has 0 spiro atoms. The maximum absolute atomic E-state index is 5.55. The van der Waals surface area contributed by atoms with Crippen molar-refractivity contribution in [1.82, 2.24) is 9.97 Å². The molecule has 0 radical (unpaired) electrons. The number of nitrogens with one attached hydrogen (secondary N) is 1. The molecule has 0 fully saturated rings. The van der Waals surface area contributed by atoms with Crippen molar-refractivity contribution in [3.63, 3.8) is 0 Å². The van der Waals surface area contributed by atoms with Gasteiger partial charge in [0.1, 0.15) is 29.3 Å². The molecule has 0 saturated heterocycles. The van der Waals surface area contributed by atoms with E-state index in [1.807, 2.05) is 25.1 Å². The molecule has 1 aromatic heterocycles. The molecule has 2 heterocycles. The van der Waals surface area contributed by atoms with E-state index in [4.69, 9.17) is 9.47 Å². The standard InChI is InChI=1S/C12H11BrN2O2/c1-7-14-11(12(13)15-7)8-2-3-9-10(6-8)17-5-4-16-9/h2-3,6H,4-5H2,1H3,(H,14,15). The normalized spacial score (nSPS) is 13.8. The Morgan fingerprint density at radius 1 is 1.24 bits per heavy atom. The number of aromatic amines is 1. The van der Waals surface area contributed by atoms with Gasteiger partial charge < -0.3 is 14.5 Å². The third-order valence-corrected chi connectivity index (χ3v) is 3.17. The van der Waals surface area contributed by atoms with Gasteiger partial charge >= 0.3 is 0 Å². The molecule has 0 bridgehead atoms. The van der Waals surface area contributed by atoms with E-state index in [2.05, 4.69) is 25.9 Å². The number of hydrogen-bond donors (Lipinski definition) is 1. The van der Waals surface area contributed by atoms with Crippen molar-refractivity contribution < 1.29 is 9.47 Å². The lowest BCUT2D eigenvalue weighted by atomic mass is 10.1. The maximum Gasteiger partial charge on any atom is 0.162 e. The lowest BCUT2D eigenvalue weighted by Crippen LogP contribution is -2.15. The van der Waals surface area contributed by atoms with Gasteiger partial charge in [-0.1, -0.05) is 0 Å². The number of benzene rings is 1. The zero-order chi connectivity index (χ0) is 11.8. The molecule has 3 rings (SSSR count). The van der Waals surface area contributed by atoms with E-state index in [-0.39, 0.29) is 0 Å². The van der Waals surface area contributed by atoms with Crippen LogP contribution in [0.5, 0.6) is 11.5 Å². The summed E-state index contributed by atoms with van der Waals surface area (Å²) in [6.07, 6.45) is 0. The van der Waals surface area contributed by atoms with E-state index in [9.17, 15) is 0 Å². The Balaban J connectivity index is 2.06. The first kappa shape index (κ1) is 10.7. The summed E-state index contributed by atoms with van der Waals surface area (Å²) >= 11 is 3.46. The average molecular weight is 295 g/mol. The van der Waals surface area contributed by atoms with Crippen molar-refractivity contribution in [1.29, 1.82) is 0 Å². The zero-order valence-electron chi connectivity index (χ0n) is 9.29. The molecule has 88 valence electrons. The monoisotopic (exact) mass is 294 g/mol. The third-order valence-electron chi connectivity index (χ3n) is 2.59. The van der Waals surface area contributed by atoms with E-state index in [1.54, 1.807) is 0 Å². The number of imidazole rings is 1. The van der Waals surface area contributed by atoms with Crippen LogP contribution in [0.25, 0.3) is 11.3 Å². The summed E-state index contributed by atoms with van der Waals surface area (Å²) in [6.45, 7) is 3.13. The molecule has 4 nitrogen and oxygen atoms in total. The number of nitrogens with zero attached hydrogens (tertiary/aromatic N) is 1. The number of H-pyrrole nitrogens is 1. The Kier molecular flexibility index (Phi) is 2.55. The second-order valence-electron chi connectivity index (χ2n) is 3.84. The quantitative estimate of drug-likeness (QED) is 0.880. The molecular weight excluding hydrogens is 284 g/mol. The van der Waals surface area contributed by atoms with Crippen LogP contribution >= 0.6 is 15.9 Å². The summed E-state index contributed by atoms with van der Waals surface area (Å²) < 4.78 is 11.9. The second-order valence-corrected chi connectivity index (χ2v) is 4.64. The smallest absolute Gasteiger partial charge is 0.162 e. The molecular formula is C12H11BrN2O2. The average Bonchev–Trinajstić information content (AvgIpc) is 2.68. The third kappa shape index (κ3) is 1.91. The van der Waals surface area contributed by atoms with E-state index >= 15 is 0 Å². The van der Waals surface area contributed by atoms with E-state index in [0.717, 1.165) is 33.2 Å². The van der Waals surface area contributed by atoms with Gasteiger partial charge in [-0.3, -0.25) is 0 Å². The predicted octanol–water partition coefficient (Wildman–Crippen LogP) is 2.92. The first-order valence-electron chi connectivity index (χ1n) is 5.36. The summed E-state index contributed by atoms with van der Waals surface area (Å²) in [6, 6.07) is 5.85. The largest absolute Gasteiger partial charge is 0.486 e. The fourth-order valence-electron chi connectivity index (χ4n) is 1.84. The van der Waals surface area contributed by atoms with Crippen LogP contribution in [0.2, 0.25) is 0 Å². The molecule has 0 unspecified atom stereocenters. The number of aryl methyl sites for hydroxylation is 1. The Labute approximate surface area is 107 Å². The summed E-state index contributed by atoms with van der Waals surface area (Å²) in [5.74, 6) is 2.45. The highest BCUT2D eigenvalue weighted by Gasteiger charge is 2.15. The van der Waals surface area contributed by atoms with Crippen LogP contribution in [0.1, 0.15) is 5.82 Å². The minimum atomic E-state index is 0.594. The molecule has 0 aliphatic carbocycles. The van der Waals surface area contributed by atoms with Gasteiger partial charge in [0.25, 0.3) is 0 Å². The van der Waals surface area contributed by atoms with Crippen LogP contribution in [0.3, 0.4) is 0 Å². The van der Waals surface area contributed by atoms with Gasteiger partial charge in [-0.15, -0.1) is 0 Å². The van der Waals surface area contributed by atoms with Gasteiger partial charge in [0, 0.05) is 5.56 Å². The van der Waals surface area contributed by atoms with Gasteiger partial charge in [-0.05, 0) is 41.1 Å². The van der Waals surface area contributed by atoms with E-state index in [1.165, 1.54) is 0 Å². The topological polar surface area (TPSA) is 47.1 Å². The Morgan fingerprint density at radius 2 is 2.00 bits per heavy atom. The molecule has 1 N–H and O–H groups in total. The number of halogens is 1. The van der Waals surface area contributed by atoms with Gasteiger partial charge in [-0.25, -0.2) is 4.98 Å². The van der Waals surface area contributed by atoms with Crippen LogP contribution in [0, 0.1) is 6.92 Å².